The lowest BCUT2D eigenvalue weighted by Crippen LogP contribution is -2.37. The second kappa shape index (κ2) is 15.5. The number of alkyl halides is 6. The SMILES string of the molecule is C/C=C/CN1CCCC(Cn2cc(CN3CCOCC3)nn2)C1.O=C(O)C(F)(F)F.O=C(O)C(F)(F)F. The Morgan fingerprint density at radius 1 is 1.05 bits per heavy atom. The number of likely N-dealkylation sites (tertiary alicyclic amines) is 1. The summed E-state index contributed by atoms with van der Waals surface area (Å²) in [6, 6.07) is 0. The Morgan fingerprint density at radius 3 is 2.14 bits per heavy atom. The molecule has 0 aromatic carbocycles. The van der Waals surface area contributed by atoms with Crippen molar-refractivity contribution < 1.29 is 50.9 Å². The van der Waals surface area contributed by atoms with Gasteiger partial charge in [-0.3, -0.25) is 14.5 Å². The van der Waals surface area contributed by atoms with Gasteiger partial charge in [-0.1, -0.05) is 17.4 Å². The van der Waals surface area contributed by atoms with E-state index in [1.165, 1.54) is 25.9 Å². The first kappa shape index (κ1) is 32.3. The van der Waals surface area contributed by atoms with Gasteiger partial charge in [0.15, 0.2) is 0 Å². The number of carboxylic acid groups (broad SMARTS) is 2. The Bertz CT molecular complexity index is 832. The van der Waals surface area contributed by atoms with Crippen molar-refractivity contribution in [2.75, 3.05) is 45.9 Å². The van der Waals surface area contributed by atoms with Crippen LogP contribution in [0.4, 0.5) is 26.3 Å². The van der Waals surface area contributed by atoms with E-state index in [0.717, 1.165) is 51.6 Å². The number of morpholine rings is 1. The van der Waals surface area contributed by atoms with Gasteiger partial charge in [-0.25, -0.2) is 9.59 Å². The molecule has 1 atom stereocenters. The van der Waals surface area contributed by atoms with Crippen LogP contribution in [0.25, 0.3) is 0 Å². The topological polar surface area (TPSA) is 121 Å². The third kappa shape index (κ3) is 14.0. The van der Waals surface area contributed by atoms with E-state index in [0.29, 0.717) is 5.92 Å². The van der Waals surface area contributed by atoms with Crippen LogP contribution in [0, 0.1) is 5.92 Å². The number of aliphatic carboxylic acids is 2. The maximum absolute atomic E-state index is 10.6. The van der Waals surface area contributed by atoms with Crippen molar-refractivity contribution in [3.63, 3.8) is 0 Å². The molecule has 2 fully saturated rings. The average Bonchev–Trinajstić information content (AvgIpc) is 3.24. The van der Waals surface area contributed by atoms with Gasteiger partial charge in [-0.05, 0) is 32.2 Å². The fraction of sp³-hybridized carbons (Fsp3) is 0.714. The summed E-state index contributed by atoms with van der Waals surface area (Å²) in [6.07, 6.45) is -1.07. The molecule has 0 bridgehead atoms. The van der Waals surface area contributed by atoms with Crippen LogP contribution in [-0.4, -0.2) is 105 Å². The predicted octanol–water partition coefficient (Wildman–Crippen LogP) is 2.67. The Morgan fingerprint density at radius 2 is 1.62 bits per heavy atom. The van der Waals surface area contributed by atoms with Crippen molar-refractivity contribution in [3.8, 4) is 0 Å². The normalized spacial score (nSPS) is 19.5. The lowest BCUT2D eigenvalue weighted by molar-refractivity contribution is -0.193. The second-order valence-electron chi connectivity index (χ2n) is 8.26. The molecular formula is C21H31F6N5O5. The first-order valence-electron chi connectivity index (χ1n) is 11.3. The Hall–Kier alpha value is -2.72. The number of nitrogens with zero attached hydrogens (tertiary/aromatic N) is 5. The molecule has 1 unspecified atom stereocenters. The van der Waals surface area contributed by atoms with Crippen LogP contribution in [0.15, 0.2) is 18.3 Å². The fourth-order valence-electron chi connectivity index (χ4n) is 3.47. The molecule has 2 aliphatic rings. The molecule has 37 heavy (non-hydrogen) atoms. The fourth-order valence-corrected chi connectivity index (χ4v) is 3.47. The van der Waals surface area contributed by atoms with Gasteiger partial charge in [0.1, 0.15) is 0 Å². The summed E-state index contributed by atoms with van der Waals surface area (Å²) in [5.74, 6) is -4.83. The van der Waals surface area contributed by atoms with E-state index >= 15 is 0 Å². The number of ether oxygens (including phenoxy) is 1. The van der Waals surface area contributed by atoms with E-state index in [9.17, 15) is 26.3 Å². The summed E-state index contributed by atoms with van der Waals surface area (Å²) in [5, 5.41) is 22.9. The number of aromatic nitrogens is 3. The Kier molecular flexibility index (Phi) is 13.5. The lowest BCUT2D eigenvalue weighted by Gasteiger charge is -2.31. The lowest BCUT2D eigenvalue weighted by atomic mass is 9.98. The molecule has 0 saturated carbocycles. The number of hydrogen-bond donors (Lipinski definition) is 2. The van der Waals surface area contributed by atoms with E-state index in [1.54, 1.807) is 0 Å². The van der Waals surface area contributed by atoms with Crippen molar-refractivity contribution in [2.24, 2.45) is 5.92 Å². The molecule has 2 saturated heterocycles. The molecule has 1 aromatic rings. The molecule has 3 rings (SSSR count). The predicted molar refractivity (Wildman–Crippen MR) is 117 cm³/mol. The Balaban J connectivity index is 0.000000404. The van der Waals surface area contributed by atoms with Crippen LogP contribution in [0.3, 0.4) is 0 Å². The van der Waals surface area contributed by atoms with E-state index in [2.05, 4.69) is 45.4 Å². The van der Waals surface area contributed by atoms with Crippen LogP contribution in [0.1, 0.15) is 25.5 Å². The average molecular weight is 547 g/mol. The number of carboxylic acids is 2. The van der Waals surface area contributed by atoms with Gasteiger partial charge in [0.25, 0.3) is 0 Å². The highest BCUT2D eigenvalue weighted by atomic mass is 19.4. The van der Waals surface area contributed by atoms with Gasteiger partial charge < -0.3 is 14.9 Å². The molecule has 3 heterocycles. The van der Waals surface area contributed by atoms with Crippen molar-refractivity contribution in [2.45, 2.75) is 45.2 Å². The minimum atomic E-state index is -5.08. The number of halogens is 6. The molecule has 1 aromatic heterocycles. The van der Waals surface area contributed by atoms with E-state index in [-0.39, 0.29) is 0 Å². The highest BCUT2D eigenvalue weighted by Crippen LogP contribution is 2.18. The molecule has 0 amide bonds. The maximum atomic E-state index is 10.6. The minimum Gasteiger partial charge on any atom is -0.475 e. The zero-order chi connectivity index (χ0) is 28.1. The summed E-state index contributed by atoms with van der Waals surface area (Å²) < 4.78 is 70.9. The zero-order valence-electron chi connectivity index (χ0n) is 20.2. The van der Waals surface area contributed by atoms with Gasteiger partial charge in [0, 0.05) is 45.5 Å². The summed E-state index contributed by atoms with van der Waals surface area (Å²) >= 11 is 0. The van der Waals surface area contributed by atoms with Crippen LogP contribution < -0.4 is 0 Å². The molecular weight excluding hydrogens is 516 g/mol. The van der Waals surface area contributed by atoms with Crippen molar-refractivity contribution in [1.29, 1.82) is 0 Å². The van der Waals surface area contributed by atoms with E-state index in [1.807, 2.05) is 4.68 Å². The van der Waals surface area contributed by atoms with Crippen molar-refractivity contribution in [1.82, 2.24) is 24.8 Å². The number of allylic oxidation sites excluding steroid dienone is 1. The molecule has 212 valence electrons. The van der Waals surface area contributed by atoms with Crippen LogP contribution in [-0.2, 0) is 27.4 Å². The molecule has 0 radical (unpaired) electrons. The minimum absolute atomic E-state index is 0.687. The number of piperidine rings is 1. The quantitative estimate of drug-likeness (QED) is 0.409. The highest BCUT2D eigenvalue weighted by molar-refractivity contribution is 5.73. The number of rotatable bonds is 6. The zero-order valence-corrected chi connectivity index (χ0v) is 20.2. The molecule has 16 heteroatoms. The van der Waals surface area contributed by atoms with E-state index < -0.39 is 24.3 Å². The first-order chi connectivity index (χ1) is 17.2. The number of carbonyl (C=O) groups is 2. The van der Waals surface area contributed by atoms with Crippen LogP contribution in [0.2, 0.25) is 0 Å². The molecule has 0 aliphatic carbocycles. The van der Waals surface area contributed by atoms with E-state index in [4.69, 9.17) is 24.5 Å². The standard InChI is InChI=1S/C17H29N5O.2C2HF3O2/c1-2-3-6-20-7-4-5-16(12-20)13-22-15-17(18-19-22)14-21-8-10-23-11-9-21;2*3-2(4,5)1(6)7/h2-3,15-16H,4-14H2,1H3;2*(H,6,7)/b3-2+;;. The van der Waals surface area contributed by atoms with Crippen LogP contribution >= 0.6 is 0 Å². The van der Waals surface area contributed by atoms with Crippen LogP contribution in [0.5, 0.6) is 0 Å². The van der Waals surface area contributed by atoms with Gasteiger partial charge in [0.2, 0.25) is 0 Å². The maximum Gasteiger partial charge on any atom is 0.490 e. The summed E-state index contributed by atoms with van der Waals surface area (Å²) in [6.45, 7) is 11.1. The van der Waals surface area contributed by atoms with Gasteiger partial charge in [0.05, 0.1) is 18.9 Å². The monoisotopic (exact) mass is 547 g/mol. The number of hydrogen-bond acceptors (Lipinski definition) is 7. The molecule has 2 aliphatic heterocycles. The largest absolute Gasteiger partial charge is 0.490 e. The second-order valence-corrected chi connectivity index (χ2v) is 8.26. The molecule has 0 spiro atoms. The van der Waals surface area contributed by atoms with Gasteiger partial charge in [-0.15, -0.1) is 5.10 Å². The molecule has 2 N–H and O–H groups in total. The smallest absolute Gasteiger partial charge is 0.475 e. The summed E-state index contributed by atoms with van der Waals surface area (Å²) in [7, 11) is 0. The molecule has 10 nitrogen and oxygen atoms in total. The van der Waals surface area contributed by atoms with Gasteiger partial charge >= 0.3 is 24.3 Å². The third-order valence-corrected chi connectivity index (χ3v) is 5.21. The highest BCUT2D eigenvalue weighted by Gasteiger charge is 2.38. The summed E-state index contributed by atoms with van der Waals surface area (Å²) in [4.78, 5) is 22.7. The van der Waals surface area contributed by atoms with Crippen molar-refractivity contribution >= 4 is 11.9 Å². The third-order valence-electron chi connectivity index (χ3n) is 5.21. The first-order valence-corrected chi connectivity index (χ1v) is 11.3. The Labute approximate surface area is 209 Å². The summed E-state index contributed by atoms with van der Waals surface area (Å²) in [5.41, 5.74) is 1.08. The van der Waals surface area contributed by atoms with Gasteiger partial charge in [-0.2, -0.15) is 26.3 Å². The van der Waals surface area contributed by atoms with Crippen molar-refractivity contribution in [3.05, 3.63) is 24.0 Å².